The number of hydrogen-bond acceptors (Lipinski definition) is 7. The molecule has 262 valence electrons. The van der Waals surface area contributed by atoms with E-state index in [0.717, 1.165) is 29.2 Å². The highest BCUT2D eigenvalue weighted by molar-refractivity contribution is 7.47. The van der Waals surface area contributed by atoms with E-state index in [1.54, 1.807) is 29.5 Å². The number of phosphoric ester groups is 1. The Kier molecular flexibility index (Phi) is 16.7. The average molecular weight is 699 g/mol. The first-order valence-electron chi connectivity index (χ1n) is 17.4. The number of methoxy groups -OCH3 is 1. The highest BCUT2D eigenvalue weighted by Gasteiger charge is 2.26. The first-order valence-corrected chi connectivity index (χ1v) is 19.9. The predicted octanol–water partition coefficient (Wildman–Crippen LogP) is 9.91. The van der Waals surface area contributed by atoms with Gasteiger partial charge in [0.1, 0.15) is 18.5 Å². The molecule has 48 heavy (non-hydrogen) atoms. The molecule has 2 atom stereocenters. The summed E-state index contributed by atoms with van der Waals surface area (Å²) in [6.45, 7) is 3.40. The fourth-order valence-corrected chi connectivity index (χ4v) is 6.90. The van der Waals surface area contributed by atoms with Gasteiger partial charge in [-0.05, 0) is 41.5 Å². The smallest absolute Gasteiger partial charge is 0.490 e. The largest absolute Gasteiger partial charge is 0.527 e. The molecule has 0 saturated heterocycles. The number of hydrogen-bond donors (Lipinski definition) is 1. The molecule has 10 heteroatoms. The molecule has 2 unspecified atom stereocenters. The van der Waals surface area contributed by atoms with E-state index < -0.39 is 13.9 Å². The summed E-state index contributed by atoms with van der Waals surface area (Å²) in [6.07, 6.45) is 16.9. The van der Waals surface area contributed by atoms with E-state index in [2.05, 4.69) is 13.0 Å². The minimum absolute atomic E-state index is 0.0944. The molecule has 3 aromatic carbocycles. The van der Waals surface area contributed by atoms with E-state index in [4.69, 9.17) is 23.3 Å². The number of phosphoric acid groups is 1. The molecule has 0 spiro atoms. The fraction of sp³-hybridized carbons (Fsp3) is 0.500. The molecule has 0 aliphatic carbocycles. The zero-order valence-corrected chi connectivity index (χ0v) is 30.3. The van der Waals surface area contributed by atoms with Gasteiger partial charge in [-0.3, -0.25) is 9.42 Å². The maximum atomic E-state index is 12.8. The Labute approximate surface area is 290 Å². The number of fused-ring (bicyclic) bond motifs is 1. The van der Waals surface area contributed by atoms with Crippen LogP contribution in [0.15, 0.2) is 77.8 Å². The van der Waals surface area contributed by atoms with Crippen LogP contribution in [0.2, 0.25) is 0 Å². The Morgan fingerprint density at radius 2 is 1.44 bits per heavy atom. The topological polar surface area (TPSA) is 87.3 Å². The van der Waals surface area contributed by atoms with Crippen LogP contribution < -0.4 is 18.6 Å². The Morgan fingerprint density at radius 1 is 0.792 bits per heavy atom. The first kappa shape index (κ1) is 37.9. The van der Waals surface area contributed by atoms with Crippen molar-refractivity contribution >= 4 is 29.9 Å². The van der Waals surface area contributed by atoms with Gasteiger partial charge in [-0.1, -0.05) is 125 Å². The van der Waals surface area contributed by atoms with E-state index >= 15 is 0 Å². The second-order valence-corrected chi connectivity index (χ2v) is 14.4. The van der Waals surface area contributed by atoms with Gasteiger partial charge in [0, 0.05) is 12.7 Å². The zero-order valence-electron chi connectivity index (χ0n) is 28.6. The Morgan fingerprint density at radius 3 is 2.06 bits per heavy atom. The Hall–Kier alpha value is -2.94. The van der Waals surface area contributed by atoms with Crippen LogP contribution in [0.1, 0.15) is 89.5 Å². The lowest BCUT2D eigenvalue weighted by molar-refractivity contribution is -0.683. The minimum atomic E-state index is -4.41. The SMILES string of the molecule is CCCCCCCCCCCCCCOc1cc2ccccc2cc1OCC(COP(=O)(O)Oc1cccc(C[n+]2ccsc2)c1)OC. The van der Waals surface area contributed by atoms with Crippen molar-refractivity contribution in [1.29, 1.82) is 0 Å². The maximum absolute atomic E-state index is 12.8. The number of aromatic nitrogens is 1. The second-order valence-electron chi connectivity index (χ2n) is 12.3. The van der Waals surface area contributed by atoms with E-state index in [-0.39, 0.29) is 19.0 Å². The van der Waals surface area contributed by atoms with Crippen LogP contribution in [-0.4, -0.2) is 37.9 Å². The molecule has 0 radical (unpaired) electrons. The van der Waals surface area contributed by atoms with Crippen molar-refractivity contribution in [3.63, 3.8) is 0 Å². The van der Waals surface area contributed by atoms with Gasteiger partial charge >= 0.3 is 7.82 Å². The quantitative estimate of drug-likeness (QED) is 0.0419. The van der Waals surface area contributed by atoms with Crippen molar-refractivity contribution in [2.75, 3.05) is 26.9 Å². The van der Waals surface area contributed by atoms with Crippen molar-refractivity contribution in [3.8, 4) is 17.2 Å². The summed E-state index contributed by atoms with van der Waals surface area (Å²) in [5.41, 5.74) is 2.93. The van der Waals surface area contributed by atoms with Gasteiger partial charge in [-0.25, -0.2) is 4.57 Å². The van der Waals surface area contributed by atoms with Crippen molar-refractivity contribution in [2.45, 2.75) is 96.6 Å². The molecule has 0 fully saturated rings. The summed E-state index contributed by atoms with van der Waals surface area (Å²) < 4.78 is 43.4. The number of rotatable bonds is 25. The summed E-state index contributed by atoms with van der Waals surface area (Å²) >= 11 is 1.60. The zero-order chi connectivity index (χ0) is 33.9. The Balaban J connectivity index is 1.22. The summed E-state index contributed by atoms with van der Waals surface area (Å²) in [5, 5.41) is 4.08. The number of ether oxygens (including phenoxy) is 3. The lowest BCUT2D eigenvalue weighted by Crippen LogP contribution is -2.30. The highest BCUT2D eigenvalue weighted by atomic mass is 32.1. The average Bonchev–Trinajstić information content (AvgIpc) is 3.60. The monoisotopic (exact) mass is 698 g/mol. The minimum Gasteiger partial charge on any atom is -0.490 e. The van der Waals surface area contributed by atoms with Crippen LogP contribution in [0, 0.1) is 0 Å². The van der Waals surface area contributed by atoms with Crippen LogP contribution in [0.3, 0.4) is 0 Å². The first-order chi connectivity index (χ1) is 23.5. The molecule has 4 aromatic rings. The fourth-order valence-electron chi connectivity index (χ4n) is 5.52. The lowest BCUT2D eigenvalue weighted by atomic mass is 10.1. The van der Waals surface area contributed by atoms with Gasteiger partial charge in [0.05, 0.1) is 18.6 Å². The molecule has 1 heterocycles. The van der Waals surface area contributed by atoms with Crippen molar-refractivity contribution in [1.82, 2.24) is 0 Å². The molecule has 8 nitrogen and oxygen atoms in total. The molecule has 4 rings (SSSR count). The van der Waals surface area contributed by atoms with E-state index in [1.165, 1.54) is 71.3 Å². The third kappa shape index (κ3) is 13.9. The van der Waals surface area contributed by atoms with Crippen LogP contribution in [0.4, 0.5) is 0 Å². The molecule has 1 aromatic heterocycles. The van der Waals surface area contributed by atoms with Crippen LogP contribution >= 0.6 is 19.2 Å². The summed E-state index contributed by atoms with van der Waals surface area (Å²) in [5.74, 6) is 1.52. The standard InChI is InChI=1S/C38H52NO7PS/c1-3-4-5-6-7-8-9-10-11-12-13-16-23-43-37-26-33-19-14-15-20-34(33)27-38(37)44-29-36(42-2)30-45-47(40,41)46-35-21-17-18-32(25-35)28-39-22-24-48-31-39/h14-15,17-22,24-27,31,36H,3-13,16,23,28-30H2,1-2H3/p+1. The van der Waals surface area contributed by atoms with Gasteiger partial charge in [0.25, 0.3) is 0 Å². The van der Waals surface area contributed by atoms with Gasteiger partial charge in [-0.2, -0.15) is 4.57 Å². The van der Waals surface area contributed by atoms with Crippen molar-refractivity contribution in [2.24, 2.45) is 0 Å². The molecule has 0 amide bonds. The lowest BCUT2D eigenvalue weighted by Gasteiger charge is -2.20. The van der Waals surface area contributed by atoms with E-state index in [0.29, 0.717) is 24.7 Å². The predicted molar refractivity (Wildman–Crippen MR) is 193 cm³/mol. The number of nitrogens with zero attached hydrogens (tertiary/aromatic N) is 1. The van der Waals surface area contributed by atoms with Gasteiger partial charge in [0.2, 0.25) is 5.51 Å². The van der Waals surface area contributed by atoms with E-state index in [1.807, 2.05) is 58.1 Å². The van der Waals surface area contributed by atoms with Crippen molar-refractivity contribution < 1.29 is 37.3 Å². The summed E-state index contributed by atoms with van der Waals surface area (Å²) in [4.78, 5) is 10.4. The highest BCUT2D eigenvalue weighted by Crippen LogP contribution is 2.44. The Bertz CT molecular complexity index is 1520. The van der Waals surface area contributed by atoms with Crippen molar-refractivity contribution in [3.05, 3.63) is 83.3 Å². The van der Waals surface area contributed by atoms with Crippen LogP contribution in [0.5, 0.6) is 17.2 Å². The summed E-state index contributed by atoms with van der Waals surface area (Å²) in [6, 6.07) is 19.1. The third-order valence-electron chi connectivity index (χ3n) is 8.26. The van der Waals surface area contributed by atoms with Crippen LogP contribution in [-0.2, 0) is 20.4 Å². The second kappa shape index (κ2) is 21.2. The molecule has 0 bridgehead atoms. The molecule has 0 aliphatic rings. The third-order valence-corrected chi connectivity index (χ3v) is 9.85. The normalized spacial score (nSPS) is 13.3. The molecular weight excluding hydrogens is 645 g/mol. The van der Waals surface area contributed by atoms with Crippen LogP contribution in [0.25, 0.3) is 10.8 Å². The van der Waals surface area contributed by atoms with Gasteiger partial charge in [-0.15, -0.1) is 0 Å². The maximum Gasteiger partial charge on any atom is 0.527 e. The molecule has 0 aliphatic heterocycles. The molecule has 1 N–H and O–H groups in total. The van der Waals surface area contributed by atoms with E-state index in [9.17, 15) is 9.46 Å². The van der Waals surface area contributed by atoms with Gasteiger partial charge < -0.3 is 18.7 Å². The van der Waals surface area contributed by atoms with Gasteiger partial charge in [0.15, 0.2) is 24.2 Å². The number of benzene rings is 3. The molecular formula is C38H53NO7PS+. The number of thiazole rings is 1. The molecule has 0 saturated carbocycles. The number of unbranched alkanes of at least 4 members (excludes halogenated alkanes) is 11. The summed E-state index contributed by atoms with van der Waals surface area (Å²) in [7, 11) is -2.90.